The Kier molecular flexibility index (Phi) is 5.14. The monoisotopic (exact) mass is 338 g/mol. The molecule has 0 aromatic heterocycles. The molecular formula is C20H22N2O3. The lowest BCUT2D eigenvalue weighted by Gasteiger charge is -2.42. The number of hydrogen-bond donors (Lipinski definition) is 0. The van der Waals surface area contributed by atoms with Crippen LogP contribution in [-0.4, -0.2) is 29.5 Å². The Morgan fingerprint density at radius 2 is 1.68 bits per heavy atom. The number of rotatable bonds is 6. The van der Waals surface area contributed by atoms with E-state index in [0.717, 1.165) is 36.7 Å². The Labute approximate surface area is 147 Å². The zero-order valence-electron chi connectivity index (χ0n) is 14.2. The van der Waals surface area contributed by atoms with Crippen LogP contribution >= 0.6 is 0 Å². The molecule has 1 heterocycles. The summed E-state index contributed by atoms with van der Waals surface area (Å²) in [5, 5.41) is 10.8. The Morgan fingerprint density at radius 3 is 2.16 bits per heavy atom. The van der Waals surface area contributed by atoms with Gasteiger partial charge in [-0.1, -0.05) is 60.7 Å². The number of benzene rings is 2. The fourth-order valence-electron chi connectivity index (χ4n) is 3.84. The van der Waals surface area contributed by atoms with Crippen LogP contribution in [0.2, 0.25) is 0 Å². The van der Waals surface area contributed by atoms with Crippen LogP contribution < -0.4 is 0 Å². The Bertz CT molecular complexity index is 692. The second-order valence-corrected chi connectivity index (χ2v) is 6.15. The molecule has 0 radical (unpaired) electrons. The normalized spacial score (nSPS) is 18.0. The van der Waals surface area contributed by atoms with E-state index in [4.69, 9.17) is 4.74 Å². The quantitative estimate of drug-likeness (QED) is 0.594. The molecule has 0 amide bonds. The summed E-state index contributed by atoms with van der Waals surface area (Å²) in [6.07, 6.45) is 4.46. The minimum atomic E-state index is -0.681. The molecule has 0 bridgehead atoms. The van der Waals surface area contributed by atoms with Gasteiger partial charge >= 0.3 is 0 Å². The standard InChI is InChI=1S/C20H22N2O3/c1-25-20(17-9-4-2-5-10-17,18-11-6-3-7-12-18)19-13-8-14-21(19)15-16-22(23)24/h2-7,9-12,15-16,19H,8,13-14H2,1H3/t19-/m0/s1. The van der Waals surface area contributed by atoms with Crippen LogP contribution in [0.1, 0.15) is 24.0 Å². The number of methoxy groups -OCH3 is 1. The predicted molar refractivity (Wildman–Crippen MR) is 96.5 cm³/mol. The van der Waals surface area contributed by atoms with Crippen LogP contribution in [0.25, 0.3) is 0 Å². The van der Waals surface area contributed by atoms with Gasteiger partial charge in [0.1, 0.15) is 5.60 Å². The van der Waals surface area contributed by atoms with Crippen molar-refractivity contribution in [3.63, 3.8) is 0 Å². The van der Waals surface area contributed by atoms with Crippen LogP contribution in [0.15, 0.2) is 73.1 Å². The molecule has 1 saturated heterocycles. The smallest absolute Gasteiger partial charge is 0.250 e. The second kappa shape index (κ2) is 7.49. The zero-order chi connectivity index (χ0) is 17.7. The molecule has 2 aromatic carbocycles. The summed E-state index contributed by atoms with van der Waals surface area (Å²) < 4.78 is 6.19. The van der Waals surface area contributed by atoms with Crippen molar-refractivity contribution in [1.29, 1.82) is 0 Å². The largest absolute Gasteiger partial charge is 0.367 e. The highest BCUT2D eigenvalue weighted by molar-refractivity contribution is 5.39. The Hall–Kier alpha value is -2.66. The summed E-state index contributed by atoms with van der Waals surface area (Å²) in [5.74, 6) is 0. The van der Waals surface area contributed by atoms with E-state index in [2.05, 4.69) is 24.3 Å². The van der Waals surface area contributed by atoms with E-state index in [9.17, 15) is 10.1 Å². The van der Waals surface area contributed by atoms with Crippen LogP contribution in [0, 0.1) is 10.1 Å². The number of nitro groups is 1. The lowest BCUT2D eigenvalue weighted by atomic mass is 9.78. The first kappa shape index (κ1) is 17.2. The van der Waals surface area contributed by atoms with Gasteiger partial charge in [0, 0.05) is 13.7 Å². The van der Waals surface area contributed by atoms with Crippen molar-refractivity contribution in [2.45, 2.75) is 24.5 Å². The first-order valence-corrected chi connectivity index (χ1v) is 8.42. The minimum absolute atomic E-state index is 0.0153. The second-order valence-electron chi connectivity index (χ2n) is 6.15. The predicted octanol–water partition coefficient (Wildman–Crippen LogP) is 3.79. The molecule has 3 rings (SSSR count). The van der Waals surface area contributed by atoms with Gasteiger partial charge in [0.05, 0.1) is 17.2 Å². The van der Waals surface area contributed by atoms with E-state index in [0.29, 0.717) is 0 Å². The first-order chi connectivity index (χ1) is 12.2. The molecule has 0 aliphatic carbocycles. The fraction of sp³-hybridized carbons (Fsp3) is 0.300. The van der Waals surface area contributed by atoms with Gasteiger partial charge < -0.3 is 9.64 Å². The van der Waals surface area contributed by atoms with Crippen LogP contribution in [0.3, 0.4) is 0 Å². The van der Waals surface area contributed by atoms with E-state index in [1.54, 1.807) is 13.3 Å². The van der Waals surface area contributed by atoms with Crippen LogP contribution in [0.5, 0.6) is 0 Å². The Balaban J connectivity index is 2.12. The highest BCUT2D eigenvalue weighted by atomic mass is 16.6. The lowest BCUT2D eigenvalue weighted by molar-refractivity contribution is -0.403. The van der Waals surface area contributed by atoms with Crippen molar-refractivity contribution in [2.75, 3.05) is 13.7 Å². The maximum absolute atomic E-state index is 10.8. The summed E-state index contributed by atoms with van der Waals surface area (Å²) in [6, 6.07) is 20.2. The highest BCUT2D eigenvalue weighted by Crippen LogP contribution is 2.43. The number of hydrogen-bond acceptors (Lipinski definition) is 4. The average molecular weight is 338 g/mol. The number of nitrogens with zero attached hydrogens (tertiary/aromatic N) is 2. The Morgan fingerprint density at radius 1 is 1.12 bits per heavy atom. The van der Waals surface area contributed by atoms with Crippen molar-refractivity contribution < 1.29 is 9.66 Å². The summed E-state index contributed by atoms with van der Waals surface area (Å²) >= 11 is 0. The van der Waals surface area contributed by atoms with Gasteiger partial charge in [-0.2, -0.15) is 0 Å². The van der Waals surface area contributed by atoms with Crippen molar-refractivity contribution in [3.8, 4) is 0 Å². The maximum Gasteiger partial charge on any atom is 0.250 e. The molecule has 25 heavy (non-hydrogen) atoms. The van der Waals surface area contributed by atoms with E-state index >= 15 is 0 Å². The molecule has 1 aliphatic heterocycles. The molecule has 1 fully saturated rings. The third kappa shape index (κ3) is 3.28. The molecule has 0 unspecified atom stereocenters. The molecule has 0 saturated carbocycles. The van der Waals surface area contributed by atoms with Crippen molar-refractivity contribution in [1.82, 2.24) is 4.90 Å². The van der Waals surface area contributed by atoms with Gasteiger partial charge in [-0.15, -0.1) is 0 Å². The lowest BCUT2D eigenvalue weighted by Crippen LogP contribution is -2.48. The van der Waals surface area contributed by atoms with Gasteiger partial charge in [0.2, 0.25) is 6.20 Å². The third-order valence-corrected chi connectivity index (χ3v) is 4.87. The fourth-order valence-corrected chi connectivity index (χ4v) is 3.84. The van der Waals surface area contributed by atoms with Crippen molar-refractivity contribution in [2.24, 2.45) is 0 Å². The van der Waals surface area contributed by atoms with Gasteiger partial charge in [-0.05, 0) is 24.0 Å². The summed E-state index contributed by atoms with van der Waals surface area (Å²) in [6.45, 7) is 0.778. The van der Waals surface area contributed by atoms with Crippen molar-refractivity contribution >= 4 is 0 Å². The molecule has 1 aliphatic rings. The minimum Gasteiger partial charge on any atom is -0.367 e. The zero-order valence-corrected chi connectivity index (χ0v) is 14.2. The molecule has 0 spiro atoms. The van der Waals surface area contributed by atoms with E-state index in [1.807, 2.05) is 41.3 Å². The SMILES string of the molecule is COC(c1ccccc1)(c1ccccc1)[C@@H]1CCCN1C=C[N+](=O)[O-]. The molecule has 5 nitrogen and oxygen atoms in total. The van der Waals surface area contributed by atoms with E-state index < -0.39 is 10.5 Å². The highest BCUT2D eigenvalue weighted by Gasteiger charge is 2.46. The van der Waals surface area contributed by atoms with Crippen molar-refractivity contribution in [3.05, 3.63) is 94.3 Å². The van der Waals surface area contributed by atoms with Gasteiger partial charge in [-0.3, -0.25) is 10.1 Å². The van der Waals surface area contributed by atoms with E-state index in [1.165, 1.54) is 0 Å². The molecule has 130 valence electrons. The third-order valence-electron chi connectivity index (χ3n) is 4.87. The molecule has 0 N–H and O–H groups in total. The van der Waals surface area contributed by atoms with Crippen LogP contribution in [-0.2, 0) is 10.3 Å². The molecular weight excluding hydrogens is 316 g/mol. The molecule has 2 aromatic rings. The maximum atomic E-state index is 10.8. The topological polar surface area (TPSA) is 55.6 Å². The van der Waals surface area contributed by atoms with Crippen LogP contribution in [0.4, 0.5) is 0 Å². The number of ether oxygens (including phenoxy) is 1. The van der Waals surface area contributed by atoms with Gasteiger partial charge in [0.15, 0.2) is 0 Å². The molecule has 5 heteroatoms. The first-order valence-electron chi connectivity index (χ1n) is 8.42. The average Bonchev–Trinajstić information content (AvgIpc) is 3.12. The molecule has 1 atom stereocenters. The van der Waals surface area contributed by atoms with E-state index in [-0.39, 0.29) is 6.04 Å². The van der Waals surface area contributed by atoms with Gasteiger partial charge in [-0.25, -0.2) is 0 Å². The van der Waals surface area contributed by atoms with Gasteiger partial charge in [0.25, 0.3) is 0 Å². The summed E-state index contributed by atoms with van der Waals surface area (Å²) in [4.78, 5) is 12.4. The summed E-state index contributed by atoms with van der Waals surface area (Å²) in [7, 11) is 1.72. The summed E-state index contributed by atoms with van der Waals surface area (Å²) in [5.41, 5.74) is 1.42. The number of likely N-dealkylation sites (tertiary alicyclic amines) is 1.